The smallest absolute Gasteiger partial charge is 0.396 e. The van der Waals surface area contributed by atoms with Gasteiger partial charge in [-0.1, -0.05) is 12.1 Å². The molecular weight excluding hydrogens is 311 g/mol. The molecule has 2 N–H and O–H groups in total. The molecule has 0 spiro atoms. The molecule has 0 radical (unpaired) electrons. The number of aliphatic hydroxyl groups is 1. The number of alkyl halides is 3. The lowest BCUT2D eigenvalue weighted by Gasteiger charge is -2.28. The molecule has 7 heteroatoms. The molecule has 4 nitrogen and oxygen atoms in total. The van der Waals surface area contributed by atoms with Crippen LogP contribution >= 0.6 is 0 Å². The molecule has 0 aliphatic rings. The zero-order valence-corrected chi connectivity index (χ0v) is 13.0. The van der Waals surface area contributed by atoms with Crippen LogP contribution < -0.4 is 5.32 Å². The standard InChI is InChI=1S/C16H20F3NO3/c1-15(9-10-21,11-23-2)20-14(22)8-5-12-3-6-13(7-4-12)16(17,18)19/h3-8,21H,9-11H2,1-2H3,(H,20,22)/b8-5+. The van der Waals surface area contributed by atoms with Crippen molar-refractivity contribution in [2.45, 2.75) is 25.1 Å². The molecule has 1 amide bonds. The highest BCUT2D eigenvalue weighted by Crippen LogP contribution is 2.29. The third-order valence-electron chi connectivity index (χ3n) is 3.22. The Balaban J connectivity index is 2.71. The summed E-state index contributed by atoms with van der Waals surface area (Å²) in [5.41, 5.74) is -0.983. The van der Waals surface area contributed by atoms with E-state index in [1.807, 2.05) is 0 Å². The lowest BCUT2D eigenvalue weighted by atomic mass is 9.99. The first-order chi connectivity index (χ1) is 10.7. The molecule has 0 fully saturated rings. The third-order valence-corrected chi connectivity index (χ3v) is 3.22. The van der Waals surface area contributed by atoms with Gasteiger partial charge in [0.2, 0.25) is 5.91 Å². The number of carbonyl (C=O) groups is 1. The minimum atomic E-state index is -4.38. The lowest BCUT2D eigenvalue weighted by molar-refractivity contribution is -0.137. The number of halogens is 3. The van der Waals surface area contributed by atoms with Crippen LogP contribution in [0.4, 0.5) is 13.2 Å². The van der Waals surface area contributed by atoms with Gasteiger partial charge in [0.15, 0.2) is 0 Å². The SMILES string of the molecule is COCC(C)(CCO)NC(=O)/C=C/c1ccc(C(F)(F)F)cc1. The molecule has 1 atom stereocenters. The van der Waals surface area contributed by atoms with Gasteiger partial charge in [-0.3, -0.25) is 4.79 Å². The van der Waals surface area contributed by atoms with Crippen molar-refractivity contribution in [3.05, 3.63) is 41.5 Å². The second-order valence-electron chi connectivity index (χ2n) is 5.41. The third kappa shape index (κ3) is 6.42. The molecule has 1 aromatic carbocycles. The monoisotopic (exact) mass is 331 g/mol. The summed E-state index contributed by atoms with van der Waals surface area (Å²) in [6, 6.07) is 4.49. The van der Waals surface area contributed by atoms with Gasteiger partial charge in [-0.05, 0) is 37.1 Å². The van der Waals surface area contributed by atoms with E-state index < -0.39 is 23.2 Å². The fourth-order valence-corrected chi connectivity index (χ4v) is 2.03. The number of hydrogen-bond donors (Lipinski definition) is 2. The molecule has 23 heavy (non-hydrogen) atoms. The van der Waals surface area contributed by atoms with Crippen molar-refractivity contribution in [3.8, 4) is 0 Å². The summed E-state index contributed by atoms with van der Waals surface area (Å²) in [6.07, 6.45) is -1.41. The summed E-state index contributed by atoms with van der Waals surface area (Å²) < 4.78 is 42.4. The van der Waals surface area contributed by atoms with E-state index in [9.17, 15) is 18.0 Å². The number of ether oxygens (including phenoxy) is 1. The van der Waals surface area contributed by atoms with Gasteiger partial charge in [-0.2, -0.15) is 13.2 Å². The highest BCUT2D eigenvalue weighted by molar-refractivity contribution is 5.92. The summed E-state index contributed by atoms with van der Waals surface area (Å²) in [5.74, 6) is -0.419. The average molecular weight is 331 g/mol. The van der Waals surface area contributed by atoms with Crippen LogP contribution in [0.25, 0.3) is 6.08 Å². The number of benzene rings is 1. The summed E-state index contributed by atoms with van der Waals surface area (Å²) in [4.78, 5) is 11.9. The Morgan fingerprint density at radius 3 is 2.39 bits per heavy atom. The Morgan fingerprint density at radius 2 is 1.91 bits per heavy atom. The molecule has 0 aromatic heterocycles. The molecular formula is C16H20F3NO3. The Kier molecular flexibility index (Phi) is 6.78. The number of nitrogens with one attached hydrogen (secondary N) is 1. The van der Waals surface area contributed by atoms with Crippen LogP contribution in [0.3, 0.4) is 0 Å². The van der Waals surface area contributed by atoms with E-state index in [0.29, 0.717) is 12.0 Å². The Morgan fingerprint density at radius 1 is 1.30 bits per heavy atom. The molecule has 0 aliphatic heterocycles. The van der Waals surface area contributed by atoms with Gasteiger partial charge in [0, 0.05) is 19.8 Å². The van der Waals surface area contributed by atoms with Crippen molar-refractivity contribution in [1.29, 1.82) is 0 Å². The second-order valence-corrected chi connectivity index (χ2v) is 5.41. The quantitative estimate of drug-likeness (QED) is 0.755. The van der Waals surface area contributed by atoms with Crippen molar-refractivity contribution in [1.82, 2.24) is 5.32 Å². The molecule has 0 saturated carbocycles. The van der Waals surface area contributed by atoms with E-state index in [-0.39, 0.29) is 13.2 Å². The first-order valence-corrected chi connectivity index (χ1v) is 6.97. The van der Waals surface area contributed by atoms with E-state index in [2.05, 4.69) is 5.32 Å². The van der Waals surface area contributed by atoms with Gasteiger partial charge in [-0.15, -0.1) is 0 Å². The number of aliphatic hydroxyl groups excluding tert-OH is 1. The van der Waals surface area contributed by atoms with Gasteiger partial charge in [0.1, 0.15) is 0 Å². The van der Waals surface area contributed by atoms with Gasteiger partial charge >= 0.3 is 6.18 Å². The van der Waals surface area contributed by atoms with Crippen LogP contribution in [0.2, 0.25) is 0 Å². The predicted molar refractivity (Wildman–Crippen MR) is 80.6 cm³/mol. The highest BCUT2D eigenvalue weighted by Gasteiger charge is 2.29. The van der Waals surface area contributed by atoms with E-state index in [4.69, 9.17) is 9.84 Å². The largest absolute Gasteiger partial charge is 0.416 e. The zero-order valence-electron chi connectivity index (χ0n) is 13.0. The van der Waals surface area contributed by atoms with Crippen LogP contribution in [0.1, 0.15) is 24.5 Å². The first-order valence-electron chi connectivity index (χ1n) is 6.97. The topological polar surface area (TPSA) is 58.6 Å². The van der Waals surface area contributed by atoms with Crippen molar-refractivity contribution in [2.75, 3.05) is 20.3 Å². The minimum Gasteiger partial charge on any atom is -0.396 e. The summed E-state index contributed by atoms with van der Waals surface area (Å²) in [7, 11) is 1.49. The molecule has 1 rings (SSSR count). The van der Waals surface area contributed by atoms with E-state index in [1.54, 1.807) is 6.92 Å². The molecule has 128 valence electrons. The normalized spacial score (nSPS) is 14.7. The van der Waals surface area contributed by atoms with E-state index >= 15 is 0 Å². The molecule has 0 saturated heterocycles. The van der Waals surface area contributed by atoms with Gasteiger partial charge < -0.3 is 15.2 Å². The van der Waals surface area contributed by atoms with Crippen LogP contribution in [0.15, 0.2) is 30.3 Å². The zero-order chi connectivity index (χ0) is 17.5. The summed E-state index contributed by atoms with van der Waals surface area (Å²) in [6.45, 7) is 1.85. The van der Waals surface area contributed by atoms with E-state index in [0.717, 1.165) is 12.1 Å². The van der Waals surface area contributed by atoms with Crippen LogP contribution in [-0.4, -0.2) is 36.9 Å². The molecule has 0 aliphatic carbocycles. The second kappa shape index (κ2) is 8.12. The van der Waals surface area contributed by atoms with Crippen molar-refractivity contribution < 1.29 is 27.8 Å². The summed E-state index contributed by atoms with van der Waals surface area (Å²) >= 11 is 0. The van der Waals surface area contributed by atoms with Gasteiger partial charge in [0.25, 0.3) is 0 Å². The van der Waals surface area contributed by atoms with E-state index in [1.165, 1.54) is 31.4 Å². The molecule has 0 bridgehead atoms. The highest BCUT2D eigenvalue weighted by atomic mass is 19.4. The first kappa shape index (κ1) is 19.2. The molecule has 0 heterocycles. The van der Waals surface area contributed by atoms with Gasteiger partial charge in [0.05, 0.1) is 17.7 Å². The Bertz CT molecular complexity index is 532. The maximum absolute atomic E-state index is 12.5. The maximum atomic E-state index is 12.5. The van der Waals surface area contributed by atoms with Crippen LogP contribution in [0.5, 0.6) is 0 Å². The maximum Gasteiger partial charge on any atom is 0.416 e. The van der Waals surface area contributed by atoms with Crippen molar-refractivity contribution in [2.24, 2.45) is 0 Å². The number of rotatable bonds is 7. The van der Waals surface area contributed by atoms with Crippen molar-refractivity contribution in [3.63, 3.8) is 0 Å². The molecule has 1 unspecified atom stereocenters. The summed E-state index contributed by atoms with van der Waals surface area (Å²) in [5, 5.41) is 11.7. The minimum absolute atomic E-state index is 0.108. The van der Waals surface area contributed by atoms with Crippen LogP contribution in [0, 0.1) is 0 Å². The number of hydrogen-bond acceptors (Lipinski definition) is 3. The number of amides is 1. The van der Waals surface area contributed by atoms with Gasteiger partial charge in [-0.25, -0.2) is 0 Å². The van der Waals surface area contributed by atoms with Crippen molar-refractivity contribution >= 4 is 12.0 Å². The average Bonchev–Trinajstić information content (AvgIpc) is 2.45. The number of carbonyl (C=O) groups excluding carboxylic acids is 1. The van der Waals surface area contributed by atoms with Crippen LogP contribution in [-0.2, 0) is 15.7 Å². The number of methoxy groups -OCH3 is 1. The lowest BCUT2D eigenvalue weighted by Crippen LogP contribution is -2.49. The fourth-order valence-electron chi connectivity index (χ4n) is 2.03. The fraction of sp³-hybridized carbons (Fsp3) is 0.438. The molecule has 1 aromatic rings. The predicted octanol–water partition coefficient (Wildman–Crippen LogP) is 2.62. The Labute approximate surface area is 133 Å². The Hall–Kier alpha value is -1.86.